The first-order valence-corrected chi connectivity index (χ1v) is 10.1. The van der Waals surface area contributed by atoms with E-state index in [0.717, 1.165) is 11.8 Å². The third kappa shape index (κ3) is 2.92. The van der Waals surface area contributed by atoms with Gasteiger partial charge in [0.1, 0.15) is 12.1 Å². The molecule has 5 fully saturated rings. The summed E-state index contributed by atoms with van der Waals surface area (Å²) in [4.78, 5) is 24.4. The predicted molar refractivity (Wildman–Crippen MR) is 95.6 cm³/mol. The second-order valence-electron chi connectivity index (χ2n) is 9.08. The topological polar surface area (TPSA) is 55.4 Å². The molecule has 5 saturated carbocycles. The second kappa shape index (κ2) is 6.44. The number of nitrogens with one attached hydrogen (secondary N) is 1. The average molecular weight is 345 g/mol. The molecule has 0 radical (unpaired) electrons. The van der Waals surface area contributed by atoms with Crippen molar-refractivity contribution < 1.29 is 14.3 Å². The molecule has 0 saturated heterocycles. The lowest BCUT2D eigenvalue weighted by Crippen LogP contribution is -2.63. The van der Waals surface area contributed by atoms with Crippen LogP contribution in [0.25, 0.3) is 0 Å². The van der Waals surface area contributed by atoms with Gasteiger partial charge in [-0.25, -0.2) is 0 Å². The maximum atomic E-state index is 12.7. The summed E-state index contributed by atoms with van der Waals surface area (Å²) in [5.74, 6) is 2.83. The summed E-state index contributed by atoms with van der Waals surface area (Å²) < 4.78 is 6.35. The van der Waals surface area contributed by atoms with Crippen LogP contribution in [0, 0.1) is 29.6 Å². The van der Waals surface area contributed by atoms with Crippen LogP contribution < -0.4 is 5.32 Å². The highest BCUT2D eigenvalue weighted by Gasteiger charge is 2.62. The molecule has 4 heteroatoms. The number of carbonyl (C=O) groups excluding carboxylic acids is 2. The molecule has 0 aromatic rings. The zero-order chi connectivity index (χ0) is 17.6. The molecule has 0 unspecified atom stereocenters. The Bertz CT molecular complexity index is 548. The van der Waals surface area contributed by atoms with Gasteiger partial charge in [0.15, 0.2) is 0 Å². The van der Waals surface area contributed by atoms with Gasteiger partial charge in [-0.3, -0.25) is 9.59 Å². The summed E-state index contributed by atoms with van der Waals surface area (Å²) in [5, 5.41) is 2.65. The third-order valence-electron chi connectivity index (χ3n) is 7.48. The van der Waals surface area contributed by atoms with Crippen LogP contribution in [0.4, 0.5) is 0 Å². The third-order valence-corrected chi connectivity index (χ3v) is 7.48. The quantitative estimate of drug-likeness (QED) is 0.612. The van der Waals surface area contributed by atoms with E-state index in [4.69, 9.17) is 4.74 Å². The zero-order valence-electron chi connectivity index (χ0n) is 15.4. The summed E-state index contributed by atoms with van der Waals surface area (Å²) in [7, 11) is 0. The van der Waals surface area contributed by atoms with Crippen LogP contribution in [0.1, 0.15) is 64.7 Å². The van der Waals surface area contributed by atoms with E-state index in [2.05, 4.69) is 11.9 Å². The van der Waals surface area contributed by atoms with Crippen molar-refractivity contribution in [3.8, 4) is 0 Å². The molecule has 4 bridgehead atoms. The molecule has 0 atom stereocenters. The molecule has 25 heavy (non-hydrogen) atoms. The number of rotatable bonds is 5. The molecule has 5 rings (SSSR count). The summed E-state index contributed by atoms with van der Waals surface area (Å²) in [6.45, 7) is 5.24. The number of carbonyl (C=O) groups is 2. The highest BCUT2D eigenvalue weighted by Crippen LogP contribution is 2.63. The van der Waals surface area contributed by atoms with E-state index in [0.29, 0.717) is 23.3 Å². The van der Waals surface area contributed by atoms with Gasteiger partial charge in [-0.05, 0) is 81.5 Å². The number of esters is 1. The van der Waals surface area contributed by atoms with E-state index in [-0.39, 0.29) is 24.0 Å². The number of amides is 1. The molecule has 0 aromatic carbocycles. The minimum atomic E-state index is -0.267. The Morgan fingerprint density at radius 3 is 2.08 bits per heavy atom. The first-order valence-electron chi connectivity index (χ1n) is 10.1. The standard InChI is InChI=1S/C21H31NO3/c1-13(2)20(24)22-12-19(23)25-21(16-5-3-4-6-16)17-8-14-7-15(10-17)11-18(21)9-14/h14-18H,1,3-12H2,2H3,(H,22,24). The highest BCUT2D eigenvalue weighted by molar-refractivity contribution is 5.94. The number of ether oxygens (including phenoxy) is 1. The van der Waals surface area contributed by atoms with Gasteiger partial charge >= 0.3 is 5.97 Å². The Hall–Kier alpha value is -1.32. The summed E-state index contributed by atoms with van der Waals surface area (Å²) in [5.41, 5.74) is 0.183. The van der Waals surface area contributed by atoms with Crippen LogP contribution in [-0.4, -0.2) is 24.0 Å². The fourth-order valence-electron chi connectivity index (χ4n) is 6.75. The van der Waals surface area contributed by atoms with Gasteiger partial charge < -0.3 is 10.1 Å². The molecule has 5 aliphatic carbocycles. The minimum Gasteiger partial charge on any atom is -0.457 e. The van der Waals surface area contributed by atoms with Crippen molar-refractivity contribution in [2.45, 2.75) is 70.3 Å². The molecule has 0 heterocycles. The smallest absolute Gasteiger partial charge is 0.326 e. The minimum absolute atomic E-state index is 0.0353. The van der Waals surface area contributed by atoms with Crippen molar-refractivity contribution in [2.75, 3.05) is 6.54 Å². The van der Waals surface area contributed by atoms with Gasteiger partial charge in [-0.2, -0.15) is 0 Å². The zero-order valence-corrected chi connectivity index (χ0v) is 15.4. The summed E-state index contributed by atoms with van der Waals surface area (Å²) in [6, 6.07) is 0. The number of hydrogen-bond donors (Lipinski definition) is 1. The monoisotopic (exact) mass is 345 g/mol. The Kier molecular flexibility index (Phi) is 4.41. The second-order valence-corrected chi connectivity index (χ2v) is 9.08. The molecular weight excluding hydrogens is 314 g/mol. The lowest BCUT2D eigenvalue weighted by atomic mass is 9.47. The Morgan fingerprint density at radius 1 is 1.00 bits per heavy atom. The van der Waals surface area contributed by atoms with Crippen LogP contribution in [-0.2, 0) is 14.3 Å². The van der Waals surface area contributed by atoms with Crippen molar-refractivity contribution in [2.24, 2.45) is 29.6 Å². The Balaban J connectivity index is 1.52. The molecule has 0 spiro atoms. The fourth-order valence-corrected chi connectivity index (χ4v) is 6.75. The van der Waals surface area contributed by atoms with Crippen molar-refractivity contribution in [1.29, 1.82) is 0 Å². The van der Waals surface area contributed by atoms with E-state index < -0.39 is 0 Å². The molecule has 138 valence electrons. The summed E-state index contributed by atoms with van der Waals surface area (Å²) >= 11 is 0. The summed E-state index contributed by atoms with van der Waals surface area (Å²) in [6.07, 6.45) is 11.3. The molecule has 1 amide bonds. The van der Waals surface area contributed by atoms with Gasteiger partial charge in [0.25, 0.3) is 0 Å². The lowest BCUT2D eigenvalue weighted by molar-refractivity contribution is -0.227. The van der Waals surface area contributed by atoms with E-state index in [1.54, 1.807) is 6.92 Å². The largest absolute Gasteiger partial charge is 0.457 e. The van der Waals surface area contributed by atoms with Crippen LogP contribution in [0.2, 0.25) is 0 Å². The molecular formula is C21H31NO3. The first kappa shape index (κ1) is 17.1. The predicted octanol–water partition coefficient (Wildman–Crippen LogP) is 3.61. The van der Waals surface area contributed by atoms with Gasteiger partial charge in [-0.1, -0.05) is 19.4 Å². The SMILES string of the molecule is C=C(C)C(=O)NCC(=O)OC1(C2CCCC2)C2CC3CC(C2)CC1C3. The lowest BCUT2D eigenvalue weighted by Gasteiger charge is -2.62. The van der Waals surface area contributed by atoms with Gasteiger partial charge in [0.05, 0.1) is 0 Å². The van der Waals surface area contributed by atoms with Crippen molar-refractivity contribution in [1.82, 2.24) is 5.32 Å². The van der Waals surface area contributed by atoms with Crippen molar-refractivity contribution in [3.05, 3.63) is 12.2 Å². The fraction of sp³-hybridized carbons (Fsp3) is 0.810. The highest BCUT2D eigenvalue weighted by atomic mass is 16.6. The van der Waals surface area contributed by atoms with Crippen LogP contribution >= 0.6 is 0 Å². The normalized spacial score (nSPS) is 39.4. The average Bonchev–Trinajstić information content (AvgIpc) is 3.10. The van der Waals surface area contributed by atoms with Crippen LogP contribution in [0.3, 0.4) is 0 Å². The van der Waals surface area contributed by atoms with E-state index in [1.165, 1.54) is 57.8 Å². The van der Waals surface area contributed by atoms with Crippen molar-refractivity contribution >= 4 is 11.9 Å². The van der Waals surface area contributed by atoms with E-state index in [1.807, 2.05) is 0 Å². The van der Waals surface area contributed by atoms with Gasteiger partial charge in [-0.15, -0.1) is 0 Å². The van der Waals surface area contributed by atoms with Gasteiger partial charge in [0, 0.05) is 5.57 Å². The van der Waals surface area contributed by atoms with E-state index in [9.17, 15) is 9.59 Å². The van der Waals surface area contributed by atoms with Crippen LogP contribution in [0.15, 0.2) is 12.2 Å². The maximum Gasteiger partial charge on any atom is 0.326 e. The van der Waals surface area contributed by atoms with E-state index >= 15 is 0 Å². The molecule has 4 nitrogen and oxygen atoms in total. The molecule has 1 N–H and O–H groups in total. The van der Waals surface area contributed by atoms with Gasteiger partial charge in [0.2, 0.25) is 5.91 Å². The Morgan fingerprint density at radius 2 is 1.56 bits per heavy atom. The Labute approximate surface area is 150 Å². The first-order chi connectivity index (χ1) is 12.0. The molecule has 0 aromatic heterocycles. The number of hydrogen-bond acceptors (Lipinski definition) is 3. The molecule has 0 aliphatic heterocycles. The molecule has 5 aliphatic rings. The maximum absolute atomic E-state index is 12.7. The van der Waals surface area contributed by atoms with Crippen LogP contribution in [0.5, 0.6) is 0 Å². The van der Waals surface area contributed by atoms with Crippen molar-refractivity contribution in [3.63, 3.8) is 0 Å².